The number of carbonyl (C=O) groups is 2. The first-order valence-electron chi connectivity index (χ1n) is 9.24. The van der Waals surface area contributed by atoms with Crippen molar-refractivity contribution in [1.29, 1.82) is 0 Å². The molecule has 28 heavy (non-hydrogen) atoms. The molecule has 0 spiro atoms. The number of aryl methyl sites for hydroxylation is 1. The molecule has 148 valence electrons. The third-order valence-corrected chi connectivity index (χ3v) is 4.29. The second kappa shape index (κ2) is 9.03. The number of aromatic nitrogens is 2. The topological polar surface area (TPSA) is 94.9 Å². The molecule has 2 amide bonds. The van der Waals surface area contributed by atoms with E-state index in [2.05, 4.69) is 20.7 Å². The standard InChI is InChI=1S/C19H25N7O2/c1-3-20-19(21-12-17(27)23-15-7-5-4-6-8-15)25-9-10-26(18(28)14-25)16-11-22-24(2)13-16/h4-8,11,13H,3,9-10,12,14H2,1-2H3,(H,20,21)(H,23,27). The smallest absolute Gasteiger partial charge is 0.246 e. The fourth-order valence-electron chi connectivity index (χ4n) is 2.97. The summed E-state index contributed by atoms with van der Waals surface area (Å²) < 4.78 is 1.67. The summed E-state index contributed by atoms with van der Waals surface area (Å²) in [5.74, 6) is 0.324. The number of para-hydroxylation sites is 1. The third kappa shape index (κ3) is 4.87. The minimum atomic E-state index is -0.207. The molecule has 1 aromatic heterocycles. The molecule has 0 aliphatic carbocycles. The molecular formula is C19H25N7O2. The van der Waals surface area contributed by atoms with Crippen LogP contribution in [-0.4, -0.2) is 65.2 Å². The lowest BCUT2D eigenvalue weighted by molar-refractivity contribution is -0.120. The number of hydrogen-bond acceptors (Lipinski definition) is 4. The minimum absolute atomic E-state index is 0.0196. The van der Waals surface area contributed by atoms with Gasteiger partial charge in [0, 0.05) is 38.6 Å². The van der Waals surface area contributed by atoms with Crippen LogP contribution in [0.25, 0.3) is 0 Å². The molecule has 0 unspecified atom stereocenters. The van der Waals surface area contributed by atoms with E-state index in [1.807, 2.05) is 55.4 Å². The van der Waals surface area contributed by atoms with Crippen LogP contribution in [0.1, 0.15) is 6.92 Å². The summed E-state index contributed by atoms with van der Waals surface area (Å²) in [6.45, 7) is 3.93. The average molecular weight is 383 g/mol. The van der Waals surface area contributed by atoms with E-state index in [0.717, 1.165) is 11.4 Å². The van der Waals surface area contributed by atoms with Crippen molar-refractivity contribution in [3.8, 4) is 0 Å². The molecular weight excluding hydrogens is 358 g/mol. The van der Waals surface area contributed by atoms with Gasteiger partial charge in [-0.1, -0.05) is 18.2 Å². The Balaban J connectivity index is 1.61. The van der Waals surface area contributed by atoms with E-state index in [1.54, 1.807) is 15.8 Å². The Kier molecular flexibility index (Phi) is 6.25. The molecule has 1 saturated heterocycles. The number of guanidine groups is 1. The largest absolute Gasteiger partial charge is 0.356 e. The van der Waals surface area contributed by atoms with Crippen LogP contribution in [0, 0.1) is 0 Å². The van der Waals surface area contributed by atoms with Gasteiger partial charge < -0.3 is 20.4 Å². The quantitative estimate of drug-likeness (QED) is 0.585. The number of hydrogen-bond donors (Lipinski definition) is 2. The molecule has 9 heteroatoms. The maximum absolute atomic E-state index is 12.6. The highest BCUT2D eigenvalue weighted by Gasteiger charge is 2.27. The summed E-state index contributed by atoms with van der Waals surface area (Å²) in [4.78, 5) is 32.7. The van der Waals surface area contributed by atoms with E-state index >= 15 is 0 Å². The van der Waals surface area contributed by atoms with Gasteiger partial charge in [-0.15, -0.1) is 0 Å². The Labute approximate surface area is 164 Å². The van der Waals surface area contributed by atoms with E-state index in [-0.39, 0.29) is 24.9 Å². The number of piperazine rings is 1. The lowest BCUT2D eigenvalue weighted by Gasteiger charge is -2.35. The number of rotatable bonds is 5. The van der Waals surface area contributed by atoms with Crippen molar-refractivity contribution < 1.29 is 9.59 Å². The van der Waals surface area contributed by atoms with Crippen molar-refractivity contribution >= 4 is 29.1 Å². The lowest BCUT2D eigenvalue weighted by Crippen LogP contribution is -2.55. The monoisotopic (exact) mass is 383 g/mol. The Morgan fingerprint density at radius 1 is 1.25 bits per heavy atom. The molecule has 1 aromatic carbocycles. The van der Waals surface area contributed by atoms with Gasteiger partial charge in [0.05, 0.1) is 11.9 Å². The van der Waals surface area contributed by atoms with Gasteiger partial charge in [-0.2, -0.15) is 5.10 Å². The molecule has 0 bridgehead atoms. The first-order valence-corrected chi connectivity index (χ1v) is 9.24. The second-order valence-electron chi connectivity index (χ2n) is 6.42. The van der Waals surface area contributed by atoms with Gasteiger partial charge >= 0.3 is 0 Å². The highest BCUT2D eigenvalue weighted by Crippen LogP contribution is 2.16. The zero-order chi connectivity index (χ0) is 19.9. The van der Waals surface area contributed by atoms with Crippen LogP contribution < -0.4 is 15.5 Å². The Hall–Kier alpha value is -3.36. The third-order valence-electron chi connectivity index (χ3n) is 4.29. The van der Waals surface area contributed by atoms with Crippen LogP contribution >= 0.6 is 0 Å². The molecule has 0 saturated carbocycles. The molecule has 0 radical (unpaired) electrons. The SMILES string of the molecule is CCNC(=NCC(=O)Nc1ccccc1)N1CCN(c2cnn(C)c2)C(=O)C1. The normalized spacial score (nSPS) is 14.9. The maximum atomic E-state index is 12.6. The number of amides is 2. The van der Waals surface area contributed by atoms with E-state index in [1.165, 1.54) is 0 Å². The number of aliphatic imine (C=N–C) groups is 1. The van der Waals surface area contributed by atoms with E-state index in [9.17, 15) is 9.59 Å². The Morgan fingerprint density at radius 2 is 2.04 bits per heavy atom. The van der Waals surface area contributed by atoms with Crippen molar-refractivity contribution in [2.75, 3.05) is 42.9 Å². The molecule has 1 aliphatic rings. The number of nitrogens with one attached hydrogen (secondary N) is 2. The van der Waals surface area contributed by atoms with Crippen molar-refractivity contribution in [2.45, 2.75) is 6.92 Å². The molecule has 3 rings (SSSR count). The van der Waals surface area contributed by atoms with Crippen molar-refractivity contribution in [2.24, 2.45) is 12.0 Å². The molecule has 1 fully saturated rings. The zero-order valence-corrected chi connectivity index (χ0v) is 16.1. The van der Waals surface area contributed by atoms with E-state index < -0.39 is 0 Å². The van der Waals surface area contributed by atoms with Crippen LogP contribution in [0.15, 0.2) is 47.7 Å². The molecule has 2 heterocycles. The summed E-state index contributed by atoms with van der Waals surface area (Å²) in [7, 11) is 1.82. The van der Waals surface area contributed by atoms with Crippen LogP contribution in [0.5, 0.6) is 0 Å². The van der Waals surface area contributed by atoms with Gasteiger partial charge in [-0.25, -0.2) is 4.99 Å². The van der Waals surface area contributed by atoms with Crippen LogP contribution in [0.3, 0.4) is 0 Å². The van der Waals surface area contributed by atoms with Crippen LogP contribution in [0.2, 0.25) is 0 Å². The number of benzene rings is 1. The fraction of sp³-hybridized carbons (Fsp3) is 0.368. The van der Waals surface area contributed by atoms with Gasteiger partial charge in [0.15, 0.2) is 5.96 Å². The van der Waals surface area contributed by atoms with Crippen molar-refractivity contribution in [3.63, 3.8) is 0 Å². The summed E-state index contributed by atoms with van der Waals surface area (Å²) in [6, 6.07) is 9.25. The van der Waals surface area contributed by atoms with Crippen molar-refractivity contribution in [3.05, 3.63) is 42.7 Å². The summed E-state index contributed by atoms with van der Waals surface area (Å²) in [5.41, 5.74) is 1.52. The molecule has 0 atom stereocenters. The zero-order valence-electron chi connectivity index (χ0n) is 16.1. The van der Waals surface area contributed by atoms with Crippen molar-refractivity contribution in [1.82, 2.24) is 20.0 Å². The predicted octanol–water partition coefficient (Wildman–Crippen LogP) is 0.673. The summed E-state index contributed by atoms with van der Waals surface area (Å²) >= 11 is 0. The highest BCUT2D eigenvalue weighted by molar-refractivity contribution is 5.99. The number of anilines is 2. The fourth-order valence-corrected chi connectivity index (χ4v) is 2.97. The molecule has 2 N–H and O–H groups in total. The second-order valence-corrected chi connectivity index (χ2v) is 6.42. The summed E-state index contributed by atoms with van der Waals surface area (Å²) in [6.07, 6.45) is 3.50. The highest BCUT2D eigenvalue weighted by atomic mass is 16.2. The lowest BCUT2D eigenvalue weighted by atomic mass is 10.3. The predicted molar refractivity (Wildman–Crippen MR) is 108 cm³/mol. The Morgan fingerprint density at radius 3 is 2.68 bits per heavy atom. The van der Waals surface area contributed by atoms with Gasteiger partial charge in [0.25, 0.3) is 0 Å². The minimum Gasteiger partial charge on any atom is -0.356 e. The average Bonchev–Trinajstić information content (AvgIpc) is 3.12. The molecule has 1 aliphatic heterocycles. The first-order chi connectivity index (χ1) is 13.6. The maximum Gasteiger partial charge on any atom is 0.246 e. The molecule has 2 aromatic rings. The van der Waals surface area contributed by atoms with Gasteiger partial charge in [-0.3, -0.25) is 14.3 Å². The van der Waals surface area contributed by atoms with E-state index in [4.69, 9.17) is 0 Å². The Bertz CT molecular complexity index is 847. The van der Waals surface area contributed by atoms with Crippen LogP contribution in [-0.2, 0) is 16.6 Å². The van der Waals surface area contributed by atoms with Crippen LogP contribution in [0.4, 0.5) is 11.4 Å². The molecule has 9 nitrogen and oxygen atoms in total. The van der Waals surface area contributed by atoms with Gasteiger partial charge in [0.2, 0.25) is 11.8 Å². The number of nitrogens with zero attached hydrogens (tertiary/aromatic N) is 5. The van der Waals surface area contributed by atoms with Gasteiger partial charge in [0.1, 0.15) is 13.1 Å². The number of carbonyl (C=O) groups excluding carboxylic acids is 2. The first kappa shape index (κ1) is 19.4. The van der Waals surface area contributed by atoms with Gasteiger partial charge in [-0.05, 0) is 19.1 Å². The summed E-state index contributed by atoms with van der Waals surface area (Å²) in [5, 5.41) is 10.1. The van der Waals surface area contributed by atoms with E-state index in [0.29, 0.717) is 25.6 Å².